The van der Waals surface area contributed by atoms with Gasteiger partial charge in [0, 0.05) is 55.7 Å². The Morgan fingerprint density at radius 3 is 2.32 bits per heavy atom. The summed E-state index contributed by atoms with van der Waals surface area (Å²) in [5.41, 5.74) is 3.48. The largest absolute Gasteiger partial charge is 0.368 e. The first kappa shape index (κ1) is 25.9. The second kappa shape index (κ2) is 12.2. The number of piperazine rings is 1. The molecule has 2 aliphatic rings. The van der Waals surface area contributed by atoms with E-state index in [1.54, 1.807) is 12.1 Å². The molecule has 5 rings (SSSR count). The van der Waals surface area contributed by atoms with E-state index in [4.69, 9.17) is 0 Å². The second-order valence-electron chi connectivity index (χ2n) is 10.3. The molecule has 2 fully saturated rings. The highest BCUT2D eigenvalue weighted by Gasteiger charge is 2.24. The van der Waals surface area contributed by atoms with Gasteiger partial charge >= 0.3 is 0 Å². The lowest BCUT2D eigenvalue weighted by Crippen LogP contribution is -2.46. The molecule has 0 atom stereocenters. The quantitative estimate of drug-likeness (QED) is 0.439. The third-order valence-electron chi connectivity index (χ3n) is 7.49. The Morgan fingerprint density at radius 1 is 0.816 bits per heavy atom. The molecule has 1 saturated heterocycles. The molecule has 1 aliphatic carbocycles. The SMILES string of the molecule is O=C(Nc1ccc(N2CCN(Cc3ccccc3)CC2)c(C(=O)NC2CCCCC2)c1)c1cccc(F)c1. The summed E-state index contributed by atoms with van der Waals surface area (Å²) in [4.78, 5) is 31.0. The molecule has 0 bridgehead atoms. The summed E-state index contributed by atoms with van der Waals surface area (Å²) in [6.45, 7) is 4.33. The van der Waals surface area contributed by atoms with Gasteiger partial charge in [-0.15, -0.1) is 0 Å². The molecule has 1 aliphatic heterocycles. The van der Waals surface area contributed by atoms with Crippen molar-refractivity contribution in [3.05, 3.63) is 95.3 Å². The highest BCUT2D eigenvalue weighted by molar-refractivity contribution is 6.06. The van der Waals surface area contributed by atoms with Crippen LogP contribution in [-0.2, 0) is 6.54 Å². The average molecular weight is 515 g/mol. The van der Waals surface area contributed by atoms with Gasteiger partial charge in [-0.05, 0) is 54.8 Å². The van der Waals surface area contributed by atoms with Crippen LogP contribution in [0.25, 0.3) is 0 Å². The maximum atomic E-state index is 13.6. The summed E-state index contributed by atoms with van der Waals surface area (Å²) >= 11 is 0. The van der Waals surface area contributed by atoms with Gasteiger partial charge in [0.25, 0.3) is 11.8 Å². The molecule has 2 N–H and O–H groups in total. The molecule has 198 valence electrons. The van der Waals surface area contributed by atoms with Gasteiger partial charge in [0.05, 0.1) is 5.56 Å². The van der Waals surface area contributed by atoms with Crippen LogP contribution in [0, 0.1) is 5.82 Å². The van der Waals surface area contributed by atoms with E-state index >= 15 is 0 Å². The molecular formula is C31H35FN4O2. The Labute approximate surface area is 223 Å². The zero-order valence-electron chi connectivity index (χ0n) is 21.7. The average Bonchev–Trinajstić information content (AvgIpc) is 2.94. The number of hydrogen-bond acceptors (Lipinski definition) is 4. The first-order valence-corrected chi connectivity index (χ1v) is 13.6. The number of hydrogen-bond donors (Lipinski definition) is 2. The van der Waals surface area contributed by atoms with Gasteiger partial charge in [-0.1, -0.05) is 55.7 Å². The van der Waals surface area contributed by atoms with Gasteiger partial charge in [-0.2, -0.15) is 0 Å². The second-order valence-corrected chi connectivity index (χ2v) is 10.3. The molecule has 7 heteroatoms. The molecule has 3 aromatic carbocycles. The minimum absolute atomic E-state index is 0.111. The summed E-state index contributed by atoms with van der Waals surface area (Å²) in [5.74, 6) is -0.988. The van der Waals surface area contributed by atoms with Gasteiger partial charge in [-0.3, -0.25) is 14.5 Å². The van der Waals surface area contributed by atoms with E-state index < -0.39 is 11.7 Å². The van der Waals surface area contributed by atoms with Crippen LogP contribution >= 0.6 is 0 Å². The molecule has 0 unspecified atom stereocenters. The van der Waals surface area contributed by atoms with Crippen molar-refractivity contribution in [1.82, 2.24) is 10.2 Å². The van der Waals surface area contributed by atoms with Crippen molar-refractivity contribution < 1.29 is 14.0 Å². The Kier molecular flexibility index (Phi) is 8.34. The third kappa shape index (κ3) is 6.58. The molecule has 6 nitrogen and oxygen atoms in total. The Bertz CT molecular complexity index is 1250. The molecule has 3 aromatic rings. The fraction of sp³-hybridized carbons (Fsp3) is 0.355. The highest BCUT2D eigenvalue weighted by Crippen LogP contribution is 2.27. The zero-order valence-corrected chi connectivity index (χ0v) is 21.7. The third-order valence-corrected chi connectivity index (χ3v) is 7.49. The van der Waals surface area contributed by atoms with Gasteiger partial charge in [0.1, 0.15) is 5.82 Å². The van der Waals surface area contributed by atoms with Gasteiger partial charge < -0.3 is 15.5 Å². The lowest BCUT2D eigenvalue weighted by molar-refractivity contribution is 0.0927. The summed E-state index contributed by atoms with van der Waals surface area (Å²) < 4.78 is 13.6. The van der Waals surface area contributed by atoms with Crippen molar-refractivity contribution in [2.45, 2.75) is 44.7 Å². The number of carbonyl (C=O) groups is 2. The predicted octanol–water partition coefficient (Wildman–Crippen LogP) is 5.46. The van der Waals surface area contributed by atoms with Crippen molar-refractivity contribution >= 4 is 23.2 Å². The van der Waals surface area contributed by atoms with Crippen molar-refractivity contribution in [3.8, 4) is 0 Å². The molecule has 2 amide bonds. The van der Waals surface area contributed by atoms with Crippen LogP contribution < -0.4 is 15.5 Å². The minimum atomic E-state index is -0.466. The van der Waals surface area contributed by atoms with Gasteiger partial charge in [-0.25, -0.2) is 4.39 Å². The van der Waals surface area contributed by atoms with E-state index in [1.807, 2.05) is 18.2 Å². The molecule has 1 heterocycles. The number of rotatable bonds is 7. The normalized spacial score (nSPS) is 16.7. The van der Waals surface area contributed by atoms with Crippen LogP contribution in [0.1, 0.15) is 58.4 Å². The minimum Gasteiger partial charge on any atom is -0.368 e. The number of amides is 2. The van der Waals surface area contributed by atoms with Crippen LogP contribution in [0.2, 0.25) is 0 Å². The lowest BCUT2D eigenvalue weighted by Gasteiger charge is -2.37. The smallest absolute Gasteiger partial charge is 0.255 e. The van der Waals surface area contributed by atoms with E-state index in [-0.39, 0.29) is 17.5 Å². The maximum absolute atomic E-state index is 13.6. The summed E-state index contributed by atoms with van der Waals surface area (Å²) in [7, 11) is 0. The topological polar surface area (TPSA) is 64.7 Å². The maximum Gasteiger partial charge on any atom is 0.255 e. The van der Waals surface area contributed by atoms with Crippen LogP contribution in [0.15, 0.2) is 72.8 Å². The fourth-order valence-corrected chi connectivity index (χ4v) is 5.40. The highest BCUT2D eigenvalue weighted by atomic mass is 19.1. The van der Waals surface area contributed by atoms with Crippen molar-refractivity contribution in [2.75, 3.05) is 36.4 Å². The van der Waals surface area contributed by atoms with Crippen LogP contribution in [0.3, 0.4) is 0 Å². The Morgan fingerprint density at radius 2 is 1.58 bits per heavy atom. The summed E-state index contributed by atoms with van der Waals surface area (Å²) in [6, 6.07) is 21.7. The van der Waals surface area contributed by atoms with Crippen molar-refractivity contribution in [2.24, 2.45) is 0 Å². The van der Waals surface area contributed by atoms with Gasteiger partial charge in [0.15, 0.2) is 0 Å². The molecule has 0 radical (unpaired) electrons. The van der Waals surface area contributed by atoms with E-state index in [9.17, 15) is 14.0 Å². The summed E-state index contributed by atoms with van der Waals surface area (Å²) in [6.07, 6.45) is 5.47. The molecule has 1 saturated carbocycles. The van der Waals surface area contributed by atoms with Crippen LogP contribution in [-0.4, -0.2) is 48.9 Å². The van der Waals surface area contributed by atoms with Crippen molar-refractivity contribution in [3.63, 3.8) is 0 Å². The number of nitrogens with one attached hydrogen (secondary N) is 2. The predicted molar refractivity (Wildman–Crippen MR) is 149 cm³/mol. The number of nitrogens with zero attached hydrogens (tertiary/aromatic N) is 2. The number of anilines is 2. The number of benzene rings is 3. The van der Waals surface area contributed by atoms with E-state index in [2.05, 4.69) is 44.7 Å². The molecular weight excluding hydrogens is 479 g/mol. The zero-order chi connectivity index (χ0) is 26.3. The Hall–Kier alpha value is -3.71. The molecule has 0 aromatic heterocycles. The Balaban J connectivity index is 1.33. The van der Waals surface area contributed by atoms with Crippen molar-refractivity contribution in [1.29, 1.82) is 0 Å². The lowest BCUT2D eigenvalue weighted by atomic mass is 9.95. The monoisotopic (exact) mass is 514 g/mol. The first-order valence-electron chi connectivity index (χ1n) is 13.6. The van der Waals surface area contributed by atoms with Crippen LogP contribution in [0.5, 0.6) is 0 Å². The summed E-state index contributed by atoms with van der Waals surface area (Å²) in [5, 5.41) is 6.07. The standard InChI is InChI=1S/C31H35FN4O2/c32-25-11-7-10-24(20-25)30(37)34-27-14-15-29(28(21-27)31(38)33-26-12-5-2-6-13-26)36-18-16-35(17-19-36)22-23-8-3-1-4-9-23/h1,3-4,7-11,14-15,20-21,26H,2,5-6,12-13,16-19,22H2,(H,33,38)(H,34,37). The van der Waals surface area contributed by atoms with Gasteiger partial charge in [0.2, 0.25) is 0 Å². The number of halogens is 1. The first-order chi connectivity index (χ1) is 18.5. The van der Waals surface area contributed by atoms with E-state index in [0.29, 0.717) is 11.3 Å². The van der Waals surface area contributed by atoms with E-state index in [0.717, 1.165) is 64.1 Å². The molecule has 38 heavy (non-hydrogen) atoms. The molecule has 0 spiro atoms. The number of carbonyl (C=O) groups excluding carboxylic acids is 2. The fourth-order valence-electron chi connectivity index (χ4n) is 5.40. The van der Waals surface area contributed by atoms with E-state index in [1.165, 1.54) is 30.2 Å². The van der Waals surface area contributed by atoms with Crippen LogP contribution in [0.4, 0.5) is 15.8 Å².